The van der Waals surface area contributed by atoms with Crippen LogP contribution >= 0.6 is 15.9 Å². The van der Waals surface area contributed by atoms with E-state index >= 15 is 0 Å². The summed E-state index contributed by atoms with van der Waals surface area (Å²) in [6.07, 6.45) is 2.04. The van der Waals surface area contributed by atoms with Crippen LogP contribution < -0.4 is 17.0 Å². The van der Waals surface area contributed by atoms with Gasteiger partial charge in [0.2, 0.25) is 0 Å². The van der Waals surface area contributed by atoms with E-state index in [1.807, 2.05) is 6.07 Å². The van der Waals surface area contributed by atoms with Gasteiger partial charge in [0.05, 0.1) is 0 Å². The van der Waals surface area contributed by atoms with Crippen LogP contribution in [0.15, 0.2) is 28.7 Å². The van der Waals surface area contributed by atoms with E-state index in [-0.39, 0.29) is 40.0 Å². The first kappa shape index (κ1) is 15.4. The quantitative estimate of drug-likeness (QED) is 0.526. The molecule has 0 aliphatic carbocycles. The van der Waals surface area contributed by atoms with Gasteiger partial charge in [-0.25, -0.2) is 0 Å². The molecule has 0 spiro atoms. The summed E-state index contributed by atoms with van der Waals surface area (Å²) in [5, 5.41) is 0. The van der Waals surface area contributed by atoms with E-state index in [2.05, 4.69) is 41.1 Å². The van der Waals surface area contributed by atoms with Crippen molar-refractivity contribution in [3.63, 3.8) is 0 Å². The summed E-state index contributed by atoms with van der Waals surface area (Å²) in [6.45, 7) is 3.80. The number of hydrogen-bond acceptors (Lipinski definition) is 0. The van der Waals surface area contributed by atoms with Crippen LogP contribution in [-0.4, -0.2) is 23.1 Å². The Morgan fingerprint density at radius 3 is 2.50 bits per heavy atom. The average Bonchev–Trinajstić information content (AvgIpc) is 1.88. The van der Waals surface area contributed by atoms with Crippen LogP contribution in [-0.2, 0) is 6.42 Å². The minimum Gasteiger partial charge on any atom is -1.00 e. The van der Waals surface area contributed by atoms with Gasteiger partial charge in [-0.2, -0.15) is 6.42 Å². The average molecular weight is 302 g/mol. The summed E-state index contributed by atoms with van der Waals surface area (Å²) in [5.74, 6) is 0. The van der Waals surface area contributed by atoms with E-state index in [0.717, 1.165) is 17.3 Å². The maximum absolute atomic E-state index is 3.80. The van der Waals surface area contributed by atoms with Gasteiger partial charge in [-0.3, -0.25) is 0 Å². The molecule has 0 aliphatic heterocycles. The van der Waals surface area contributed by atoms with Gasteiger partial charge in [0, 0.05) is 4.47 Å². The van der Waals surface area contributed by atoms with Gasteiger partial charge in [-0.15, -0.1) is 0 Å². The molecule has 0 atom stereocenters. The van der Waals surface area contributed by atoms with Crippen molar-refractivity contribution in [3.8, 4) is 0 Å². The van der Waals surface area contributed by atoms with Crippen molar-refractivity contribution in [2.75, 3.05) is 0 Å². The summed E-state index contributed by atoms with van der Waals surface area (Å²) >= 11 is 3.41. The maximum Gasteiger partial charge on any atom is 2.00 e. The van der Waals surface area contributed by atoms with Gasteiger partial charge in [0.25, 0.3) is 0 Å². The van der Waals surface area contributed by atoms with E-state index in [4.69, 9.17) is 0 Å². The van der Waals surface area contributed by atoms with Crippen LogP contribution in [0, 0.1) is 6.92 Å². The second kappa shape index (κ2) is 8.54. The van der Waals surface area contributed by atoms with Gasteiger partial charge in [-0.05, 0) is 17.7 Å². The Hall–Kier alpha value is 0.946. The van der Waals surface area contributed by atoms with Crippen molar-refractivity contribution in [2.45, 2.75) is 12.8 Å². The fourth-order valence-electron chi connectivity index (χ4n) is 0.897. The molecule has 0 bridgehead atoms. The molecule has 1 aromatic carbocycles. The summed E-state index contributed by atoms with van der Waals surface area (Å²) < 4.78 is 1.15. The van der Waals surface area contributed by atoms with Gasteiger partial charge in [-0.1, -0.05) is 34.5 Å². The van der Waals surface area contributed by atoms with Gasteiger partial charge >= 0.3 is 23.1 Å². The Labute approximate surface area is 109 Å². The molecule has 62 valence electrons. The predicted molar refractivity (Wildman–Crippen MR) is 53.6 cm³/mol. The largest absolute Gasteiger partial charge is 2.00 e. The molecule has 12 heavy (non-hydrogen) atoms. The SMILES string of the molecule is [Br-].[CH2-]CCc1cccc(Br)c1.[Mg+2]. The molecule has 0 unspecified atom stereocenters. The number of rotatable bonds is 2. The first-order chi connectivity index (χ1) is 4.83. The molecule has 0 aromatic heterocycles. The Balaban J connectivity index is 0. The van der Waals surface area contributed by atoms with Crippen molar-refractivity contribution < 1.29 is 17.0 Å². The van der Waals surface area contributed by atoms with Gasteiger partial charge in [0.15, 0.2) is 0 Å². The molecule has 0 saturated heterocycles. The van der Waals surface area contributed by atoms with E-state index in [9.17, 15) is 0 Å². The van der Waals surface area contributed by atoms with Crippen LogP contribution in [0.25, 0.3) is 0 Å². The topological polar surface area (TPSA) is 0 Å². The van der Waals surface area contributed by atoms with Crippen molar-refractivity contribution in [2.24, 2.45) is 0 Å². The molecule has 0 saturated carbocycles. The van der Waals surface area contributed by atoms with Crippen LogP contribution in [0.1, 0.15) is 12.0 Å². The molecular formula is C9H10Br2Mg. The molecule has 1 rings (SSSR count). The Morgan fingerprint density at radius 2 is 2.00 bits per heavy atom. The van der Waals surface area contributed by atoms with Crippen molar-refractivity contribution >= 4 is 39.0 Å². The third kappa shape index (κ3) is 5.57. The fraction of sp³-hybridized carbons (Fsp3) is 0.222. The summed E-state index contributed by atoms with van der Waals surface area (Å²) in [7, 11) is 0. The first-order valence-electron chi connectivity index (χ1n) is 3.36. The number of aryl methyl sites for hydroxylation is 1. The predicted octanol–water partition coefficient (Wildman–Crippen LogP) is -0.161. The van der Waals surface area contributed by atoms with E-state index in [0.29, 0.717) is 0 Å². The van der Waals surface area contributed by atoms with Crippen molar-refractivity contribution in [3.05, 3.63) is 41.2 Å². The molecule has 0 nitrogen and oxygen atoms in total. The molecule has 0 radical (unpaired) electrons. The Morgan fingerprint density at radius 1 is 1.33 bits per heavy atom. The van der Waals surface area contributed by atoms with E-state index in [1.165, 1.54) is 5.56 Å². The van der Waals surface area contributed by atoms with E-state index in [1.54, 1.807) is 0 Å². The second-order valence-corrected chi connectivity index (χ2v) is 3.15. The molecule has 0 heterocycles. The van der Waals surface area contributed by atoms with Crippen LogP contribution in [0.5, 0.6) is 0 Å². The monoisotopic (exact) mass is 300 g/mol. The molecular weight excluding hydrogens is 292 g/mol. The standard InChI is InChI=1S/C9H10Br.BrH.Mg/c1-2-4-8-5-3-6-9(10)7-8;;/h3,5-7H,1-2,4H2;1H;/q-1;;+2/p-1. The van der Waals surface area contributed by atoms with Crippen LogP contribution in [0.2, 0.25) is 0 Å². The minimum absolute atomic E-state index is 0. The number of halogens is 2. The zero-order valence-electron chi connectivity index (χ0n) is 6.89. The van der Waals surface area contributed by atoms with E-state index < -0.39 is 0 Å². The van der Waals surface area contributed by atoms with Crippen molar-refractivity contribution in [1.82, 2.24) is 0 Å². The summed E-state index contributed by atoms with van der Waals surface area (Å²) in [4.78, 5) is 0. The first-order valence-corrected chi connectivity index (χ1v) is 4.16. The minimum atomic E-state index is 0. The maximum atomic E-state index is 3.80. The Kier molecular flexibility index (Phi) is 11.0. The molecule has 3 heteroatoms. The summed E-state index contributed by atoms with van der Waals surface area (Å²) in [5.41, 5.74) is 1.35. The number of hydrogen-bond donors (Lipinski definition) is 0. The third-order valence-corrected chi connectivity index (χ3v) is 1.85. The second-order valence-electron chi connectivity index (χ2n) is 2.23. The molecule has 0 fully saturated rings. The summed E-state index contributed by atoms with van der Waals surface area (Å²) in [6, 6.07) is 8.34. The molecule has 0 aliphatic rings. The van der Waals surface area contributed by atoms with Crippen molar-refractivity contribution in [1.29, 1.82) is 0 Å². The molecule has 1 aromatic rings. The fourth-order valence-corrected chi connectivity index (χ4v) is 1.34. The van der Waals surface area contributed by atoms with Gasteiger partial charge in [0.1, 0.15) is 0 Å². The number of benzene rings is 1. The van der Waals surface area contributed by atoms with Crippen LogP contribution in [0.4, 0.5) is 0 Å². The normalized spacial score (nSPS) is 8.17. The molecule has 0 N–H and O–H groups in total. The smallest absolute Gasteiger partial charge is 1.00 e. The Bertz CT molecular complexity index is 213. The van der Waals surface area contributed by atoms with Crippen LogP contribution in [0.3, 0.4) is 0 Å². The zero-order chi connectivity index (χ0) is 7.40. The zero-order valence-corrected chi connectivity index (χ0v) is 11.5. The molecule has 0 amide bonds. The van der Waals surface area contributed by atoms with Gasteiger partial charge < -0.3 is 23.9 Å². The third-order valence-electron chi connectivity index (χ3n) is 1.35.